The Labute approximate surface area is 121 Å². The number of nitrogens with one attached hydrogen (secondary N) is 2. The van der Waals surface area contributed by atoms with Crippen LogP contribution in [-0.4, -0.2) is 40.5 Å². The van der Waals surface area contributed by atoms with Crippen LogP contribution >= 0.6 is 0 Å². The molecule has 0 aromatic carbocycles. The van der Waals surface area contributed by atoms with Crippen LogP contribution in [0.15, 0.2) is 9.59 Å². The molecule has 118 valence electrons. The van der Waals surface area contributed by atoms with Crippen LogP contribution in [0.4, 0.5) is 11.5 Å². The largest absolute Gasteiger partial charge is 0.388 e. The van der Waals surface area contributed by atoms with Crippen molar-refractivity contribution in [1.82, 2.24) is 9.55 Å². The van der Waals surface area contributed by atoms with Crippen LogP contribution in [0.25, 0.3) is 0 Å². The van der Waals surface area contributed by atoms with Crippen molar-refractivity contribution in [2.24, 2.45) is 0 Å². The van der Waals surface area contributed by atoms with Crippen molar-refractivity contribution in [1.29, 1.82) is 0 Å². The smallest absolute Gasteiger partial charge is 0.330 e. The number of hydrogen-bond acceptors (Lipinski definition) is 6. The number of ether oxygens (including phenoxy) is 1. The molecule has 0 atom stereocenters. The van der Waals surface area contributed by atoms with Crippen molar-refractivity contribution in [3.05, 3.63) is 20.8 Å². The van der Waals surface area contributed by atoms with E-state index in [2.05, 4.69) is 10.3 Å². The van der Waals surface area contributed by atoms with Crippen LogP contribution in [-0.2, 0) is 11.3 Å². The van der Waals surface area contributed by atoms with Crippen LogP contribution < -0.4 is 22.3 Å². The second-order valence-corrected chi connectivity index (χ2v) is 5.45. The fraction of sp³-hybridized carbons (Fsp3) is 0.692. The zero-order valence-corrected chi connectivity index (χ0v) is 12.1. The molecule has 1 aromatic heterocycles. The average Bonchev–Trinajstić information content (AvgIpc) is 2.85. The number of anilines is 2. The van der Waals surface area contributed by atoms with Crippen LogP contribution in [0.5, 0.6) is 0 Å². The van der Waals surface area contributed by atoms with Gasteiger partial charge in [-0.2, -0.15) is 0 Å². The number of nitrogen functional groups attached to an aromatic ring is 1. The zero-order valence-electron chi connectivity index (χ0n) is 12.1. The number of aliphatic hydroxyl groups is 1. The topological polar surface area (TPSA) is 122 Å². The van der Waals surface area contributed by atoms with Crippen molar-refractivity contribution in [2.45, 2.75) is 37.8 Å². The molecule has 0 aliphatic heterocycles. The lowest BCUT2D eigenvalue weighted by molar-refractivity contribution is 0.0614. The highest BCUT2D eigenvalue weighted by Crippen LogP contribution is 2.29. The number of nitrogens with two attached hydrogens (primary N) is 1. The molecular formula is C13H22N4O4. The first-order valence-electron chi connectivity index (χ1n) is 7.05. The van der Waals surface area contributed by atoms with Gasteiger partial charge in [0.1, 0.15) is 11.5 Å². The van der Waals surface area contributed by atoms with E-state index < -0.39 is 16.9 Å². The molecule has 2 rings (SSSR count). The summed E-state index contributed by atoms with van der Waals surface area (Å²) in [5.74, 6) is 0.0578. The zero-order chi connectivity index (χ0) is 15.5. The lowest BCUT2D eigenvalue weighted by atomic mass is 10.0. The minimum atomic E-state index is -0.813. The Morgan fingerprint density at radius 2 is 2.10 bits per heavy atom. The molecule has 21 heavy (non-hydrogen) atoms. The number of rotatable bonds is 6. The summed E-state index contributed by atoms with van der Waals surface area (Å²) in [6, 6.07) is 0. The molecule has 8 heteroatoms. The van der Waals surface area contributed by atoms with Gasteiger partial charge >= 0.3 is 5.69 Å². The second kappa shape index (κ2) is 6.31. The molecule has 0 radical (unpaired) electrons. The van der Waals surface area contributed by atoms with Crippen LogP contribution in [0.1, 0.15) is 25.7 Å². The first-order valence-corrected chi connectivity index (χ1v) is 7.05. The maximum atomic E-state index is 11.9. The van der Waals surface area contributed by atoms with E-state index in [4.69, 9.17) is 10.5 Å². The van der Waals surface area contributed by atoms with Crippen molar-refractivity contribution in [3.8, 4) is 0 Å². The normalized spacial score (nSPS) is 17.0. The van der Waals surface area contributed by atoms with E-state index in [1.807, 2.05) is 0 Å². The maximum Gasteiger partial charge on any atom is 0.330 e. The summed E-state index contributed by atoms with van der Waals surface area (Å²) in [6.07, 6.45) is 3.33. The van der Waals surface area contributed by atoms with E-state index in [0.717, 1.165) is 12.8 Å². The summed E-state index contributed by atoms with van der Waals surface area (Å²) >= 11 is 0. The molecule has 1 aromatic rings. The van der Waals surface area contributed by atoms with Gasteiger partial charge in [0.2, 0.25) is 0 Å². The third-order valence-electron chi connectivity index (χ3n) is 3.89. The Bertz CT molecular complexity index is 601. The lowest BCUT2D eigenvalue weighted by Crippen LogP contribution is -2.38. The quantitative estimate of drug-likeness (QED) is 0.560. The molecule has 0 amide bonds. The van der Waals surface area contributed by atoms with Crippen molar-refractivity contribution in [2.75, 3.05) is 31.3 Å². The summed E-state index contributed by atoms with van der Waals surface area (Å²) in [4.78, 5) is 25.8. The van der Waals surface area contributed by atoms with Gasteiger partial charge < -0.3 is 20.9 Å². The van der Waals surface area contributed by atoms with Gasteiger partial charge in [-0.05, 0) is 12.8 Å². The van der Waals surface area contributed by atoms with Gasteiger partial charge in [0, 0.05) is 13.7 Å². The van der Waals surface area contributed by atoms with Crippen molar-refractivity contribution >= 4 is 11.5 Å². The number of nitrogens with zero attached hydrogens (tertiary/aromatic N) is 1. The third kappa shape index (κ3) is 3.45. The van der Waals surface area contributed by atoms with Crippen LogP contribution in [0.2, 0.25) is 0 Å². The summed E-state index contributed by atoms with van der Waals surface area (Å²) < 4.78 is 6.16. The number of H-pyrrole nitrogens is 1. The Hall–Kier alpha value is -1.80. The molecule has 8 nitrogen and oxygen atoms in total. The van der Waals surface area contributed by atoms with E-state index in [1.165, 1.54) is 11.7 Å². The number of aromatic amines is 1. The molecule has 1 aliphatic rings. The molecular weight excluding hydrogens is 276 g/mol. The Kier molecular flexibility index (Phi) is 4.69. The summed E-state index contributed by atoms with van der Waals surface area (Å²) in [6.45, 7) is 0.791. The fourth-order valence-electron chi connectivity index (χ4n) is 2.63. The SMILES string of the molecule is COCCn1c(N)c(NCC2(O)CCCC2)c(=O)[nH]c1=O. The van der Waals surface area contributed by atoms with Crippen molar-refractivity contribution < 1.29 is 9.84 Å². The maximum absolute atomic E-state index is 11.9. The summed E-state index contributed by atoms with van der Waals surface area (Å²) in [5, 5.41) is 13.2. The van der Waals surface area contributed by atoms with E-state index in [-0.39, 0.29) is 24.6 Å². The highest BCUT2D eigenvalue weighted by Gasteiger charge is 2.31. The first kappa shape index (κ1) is 15.6. The number of hydrogen-bond donors (Lipinski definition) is 4. The lowest BCUT2D eigenvalue weighted by Gasteiger charge is -2.23. The molecule has 5 N–H and O–H groups in total. The first-order chi connectivity index (χ1) is 9.97. The highest BCUT2D eigenvalue weighted by atomic mass is 16.5. The van der Waals surface area contributed by atoms with Crippen LogP contribution in [0, 0.1) is 0 Å². The van der Waals surface area contributed by atoms with Crippen molar-refractivity contribution in [3.63, 3.8) is 0 Å². The highest BCUT2D eigenvalue weighted by molar-refractivity contribution is 5.60. The van der Waals surface area contributed by atoms with E-state index in [9.17, 15) is 14.7 Å². The minimum absolute atomic E-state index is 0.0578. The van der Waals surface area contributed by atoms with E-state index in [0.29, 0.717) is 19.4 Å². The van der Waals surface area contributed by atoms with Crippen LogP contribution in [0.3, 0.4) is 0 Å². The fourth-order valence-corrected chi connectivity index (χ4v) is 2.63. The van der Waals surface area contributed by atoms with Gasteiger partial charge in [-0.1, -0.05) is 12.8 Å². The summed E-state index contributed by atoms with van der Waals surface area (Å²) in [5.41, 5.74) is 4.05. The predicted molar refractivity (Wildman–Crippen MR) is 79.5 cm³/mol. The monoisotopic (exact) mass is 298 g/mol. The minimum Gasteiger partial charge on any atom is -0.388 e. The average molecular weight is 298 g/mol. The standard InChI is InChI=1S/C13H22N4O4/c1-21-7-6-17-10(14)9(11(18)16-12(17)19)15-8-13(20)4-2-3-5-13/h15,20H,2-8,14H2,1H3,(H,16,18,19). The molecule has 0 unspecified atom stereocenters. The van der Waals surface area contributed by atoms with E-state index in [1.54, 1.807) is 0 Å². The molecule has 1 aliphatic carbocycles. The van der Waals surface area contributed by atoms with Gasteiger partial charge in [0.05, 0.1) is 18.8 Å². The van der Waals surface area contributed by atoms with Gasteiger partial charge in [0.25, 0.3) is 5.56 Å². The van der Waals surface area contributed by atoms with Gasteiger partial charge in [0.15, 0.2) is 0 Å². The number of aromatic nitrogens is 2. The van der Waals surface area contributed by atoms with Gasteiger partial charge in [-0.25, -0.2) is 4.79 Å². The number of methoxy groups -OCH3 is 1. The molecule has 0 saturated heterocycles. The summed E-state index contributed by atoms with van der Waals surface area (Å²) in [7, 11) is 1.52. The van der Waals surface area contributed by atoms with Gasteiger partial charge in [-0.15, -0.1) is 0 Å². The Morgan fingerprint density at radius 1 is 1.43 bits per heavy atom. The Morgan fingerprint density at radius 3 is 2.71 bits per heavy atom. The van der Waals surface area contributed by atoms with E-state index >= 15 is 0 Å². The molecule has 1 saturated carbocycles. The second-order valence-electron chi connectivity index (χ2n) is 5.45. The molecule has 1 fully saturated rings. The molecule has 1 heterocycles. The van der Waals surface area contributed by atoms with Gasteiger partial charge in [-0.3, -0.25) is 14.3 Å². The third-order valence-corrected chi connectivity index (χ3v) is 3.89. The molecule has 0 bridgehead atoms. The molecule has 0 spiro atoms. The predicted octanol–water partition coefficient (Wildman–Crippen LogP) is -0.518. The Balaban J connectivity index is 2.22.